The summed E-state index contributed by atoms with van der Waals surface area (Å²) in [5.74, 6) is 0.665. The van der Waals surface area contributed by atoms with Crippen LogP contribution in [0.3, 0.4) is 0 Å². The molecule has 0 amide bonds. The summed E-state index contributed by atoms with van der Waals surface area (Å²) in [6, 6.07) is 64.1. The van der Waals surface area contributed by atoms with Crippen molar-refractivity contribution in [1.29, 1.82) is 0 Å². The summed E-state index contributed by atoms with van der Waals surface area (Å²) in [5, 5.41) is 7.96. The molecular weight excluding hydrogens is 673 g/mol. The van der Waals surface area contributed by atoms with E-state index in [-0.39, 0.29) is 0 Å². The zero-order valence-electron chi connectivity index (χ0n) is 29.5. The lowest BCUT2D eigenvalue weighted by molar-refractivity contribution is 0.666. The van der Waals surface area contributed by atoms with Crippen molar-refractivity contribution >= 4 is 76.5 Å². The Balaban J connectivity index is 1.14. The van der Waals surface area contributed by atoms with Crippen molar-refractivity contribution in [3.05, 3.63) is 182 Å². The molecule has 0 spiro atoms. The van der Waals surface area contributed by atoms with Crippen LogP contribution in [0.15, 0.2) is 186 Å². The van der Waals surface area contributed by atoms with Gasteiger partial charge in [-0.15, -0.1) is 0 Å². The third kappa shape index (κ3) is 4.35. The van der Waals surface area contributed by atoms with Gasteiger partial charge < -0.3 is 13.6 Å². The summed E-state index contributed by atoms with van der Waals surface area (Å²) in [7, 11) is 0. The van der Waals surface area contributed by atoms with Gasteiger partial charge in [0.15, 0.2) is 11.4 Å². The molecule has 0 aliphatic carbocycles. The van der Waals surface area contributed by atoms with Crippen LogP contribution in [0.25, 0.3) is 110 Å². The van der Waals surface area contributed by atoms with Crippen LogP contribution in [0.4, 0.5) is 0 Å². The molecule has 5 nitrogen and oxygen atoms in total. The molecule has 5 heteroatoms. The van der Waals surface area contributed by atoms with Gasteiger partial charge in [-0.3, -0.25) is 0 Å². The molecule has 0 aliphatic heterocycles. The number of hydrogen-bond donors (Lipinski definition) is 0. The molecule has 4 heterocycles. The fraction of sp³-hybridized carbons (Fsp3) is 0. The molecule has 0 N–H and O–H groups in total. The molecule has 0 saturated heterocycles. The molecule has 12 rings (SSSR count). The molecule has 0 radical (unpaired) electrons. The number of hydrogen-bond acceptors (Lipinski definition) is 3. The fourth-order valence-electron chi connectivity index (χ4n) is 8.72. The minimum atomic E-state index is 0.665. The summed E-state index contributed by atoms with van der Waals surface area (Å²) in [5.41, 5.74) is 12.1. The first kappa shape index (κ1) is 30.0. The lowest BCUT2D eigenvalue weighted by Crippen LogP contribution is -1.98. The highest BCUT2D eigenvalue weighted by Crippen LogP contribution is 2.44. The van der Waals surface area contributed by atoms with Gasteiger partial charge in [0.1, 0.15) is 5.58 Å². The Labute approximate surface area is 315 Å². The summed E-state index contributed by atoms with van der Waals surface area (Å²) in [4.78, 5) is 10.2. The van der Waals surface area contributed by atoms with E-state index >= 15 is 0 Å². The van der Waals surface area contributed by atoms with Crippen molar-refractivity contribution in [2.45, 2.75) is 0 Å². The van der Waals surface area contributed by atoms with Crippen LogP contribution in [-0.2, 0) is 0 Å². The highest BCUT2D eigenvalue weighted by Gasteiger charge is 2.23. The van der Waals surface area contributed by atoms with Gasteiger partial charge in [-0.1, -0.05) is 133 Å². The Morgan fingerprint density at radius 3 is 1.76 bits per heavy atom. The maximum absolute atomic E-state index is 6.97. The molecule has 256 valence electrons. The lowest BCUT2D eigenvalue weighted by atomic mass is 10.1. The minimum absolute atomic E-state index is 0.665. The van der Waals surface area contributed by atoms with Gasteiger partial charge in [-0.2, -0.15) is 0 Å². The second-order valence-corrected chi connectivity index (χ2v) is 14.1. The molecule has 4 aromatic heterocycles. The van der Waals surface area contributed by atoms with Gasteiger partial charge in [-0.05, 0) is 48.5 Å². The first-order chi connectivity index (χ1) is 27.3. The highest BCUT2D eigenvalue weighted by molar-refractivity contribution is 6.24. The maximum Gasteiger partial charge on any atom is 0.160 e. The molecule has 0 aliphatic rings. The second kappa shape index (κ2) is 11.5. The van der Waals surface area contributed by atoms with Crippen molar-refractivity contribution in [3.8, 4) is 34.0 Å². The Morgan fingerprint density at radius 2 is 1.00 bits per heavy atom. The van der Waals surface area contributed by atoms with Crippen molar-refractivity contribution in [2.24, 2.45) is 0 Å². The summed E-state index contributed by atoms with van der Waals surface area (Å²) < 4.78 is 11.8. The van der Waals surface area contributed by atoms with E-state index in [0.29, 0.717) is 5.82 Å². The Hall–Kier alpha value is -7.50. The van der Waals surface area contributed by atoms with Gasteiger partial charge in [-0.25, -0.2) is 9.97 Å². The van der Waals surface area contributed by atoms with E-state index in [4.69, 9.17) is 14.4 Å². The topological polar surface area (TPSA) is 48.8 Å². The Morgan fingerprint density at radius 1 is 0.400 bits per heavy atom. The molecule has 8 aromatic carbocycles. The van der Waals surface area contributed by atoms with E-state index < -0.39 is 0 Å². The summed E-state index contributed by atoms with van der Waals surface area (Å²) >= 11 is 0. The van der Waals surface area contributed by atoms with E-state index in [2.05, 4.69) is 161 Å². The SMILES string of the molecule is c1ccc(-c2nc(-c3ccc4c(c3)oc3c(-n5c6ccccc6c6ccc7c8ccccc8n(-c8ccccc8)c7c65)cccc34)nc3ccccc23)cc1. The monoisotopic (exact) mass is 702 g/mol. The van der Waals surface area contributed by atoms with E-state index in [0.717, 1.165) is 72.1 Å². The van der Waals surface area contributed by atoms with Crippen molar-refractivity contribution in [2.75, 3.05) is 0 Å². The van der Waals surface area contributed by atoms with Crippen LogP contribution in [0, 0.1) is 0 Å². The number of aromatic nitrogens is 4. The van der Waals surface area contributed by atoms with E-state index in [1.807, 2.05) is 30.3 Å². The van der Waals surface area contributed by atoms with E-state index in [1.165, 1.54) is 32.6 Å². The third-order valence-corrected chi connectivity index (χ3v) is 11.1. The van der Waals surface area contributed by atoms with Gasteiger partial charge in [0, 0.05) is 54.5 Å². The largest absolute Gasteiger partial charge is 0.454 e. The van der Waals surface area contributed by atoms with Crippen LogP contribution < -0.4 is 0 Å². The van der Waals surface area contributed by atoms with Crippen molar-refractivity contribution < 1.29 is 4.42 Å². The molecule has 0 saturated carbocycles. The van der Waals surface area contributed by atoms with Crippen LogP contribution >= 0.6 is 0 Å². The number of furan rings is 1. The first-order valence-corrected chi connectivity index (χ1v) is 18.6. The molecule has 0 bridgehead atoms. The van der Waals surface area contributed by atoms with Gasteiger partial charge in [0.25, 0.3) is 0 Å². The number of nitrogens with zero attached hydrogens (tertiary/aromatic N) is 4. The molecule has 12 aromatic rings. The summed E-state index contributed by atoms with van der Waals surface area (Å²) in [6.07, 6.45) is 0. The molecule has 0 unspecified atom stereocenters. The first-order valence-electron chi connectivity index (χ1n) is 18.6. The zero-order valence-corrected chi connectivity index (χ0v) is 29.5. The van der Waals surface area contributed by atoms with E-state index in [1.54, 1.807) is 0 Å². The van der Waals surface area contributed by atoms with Crippen LogP contribution in [0.5, 0.6) is 0 Å². The maximum atomic E-state index is 6.97. The Kier molecular flexibility index (Phi) is 6.27. The van der Waals surface area contributed by atoms with Crippen LogP contribution in [-0.4, -0.2) is 19.1 Å². The van der Waals surface area contributed by atoms with Crippen LogP contribution in [0.1, 0.15) is 0 Å². The predicted molar refractivity (Wildman–Crippen MR) is 226 cm³/mol. The fourth-order valence-corrected chi connectivity index (χ4v) is 8.72. The lowest BCUT2D eigenvalue weighted by Gasteiger charge is -2.12. The van der Waals surface area contributed by atoms with Crippen molar-refractivity contribution in [3.63, 3.8) is 0 Å². The molecule has 0 fully saturated rings. The Bertz CT molecular complexity index is 3480. The second-order valence-electron chi connectivity index (χ2n) is 14.1. The number of rotatable bonds is 4. The third-order valence-electron chi connectivity index (χ3n) is 11.1. The standard InChI is InChI=1S/C50H30N4O/c1-3-14-31(15-4-1)46-40-20-7-10-22-41(40)51-50(52-46)32-26-27-36-39-21-13-25-44(49(39)55-45(36)30-32)54-43-24-12-9-19-35(43)38-29-28-37-34-18-8-11-23-42(34)53(47(37)48(38)54)33-16-5-2-6-17-33/h1-30H. The average molecular weight is 703 g/mol. The number of benzene rings is 8. The number of fused-ring (bicyclic) bond motifs is 11. The minimum Gasteiger partial charge on any atom is -0.454 e. The summed E-state index contributed by atoms with van der Waals surface area (Å²) in [6.45, 7) is 0. The van der Waals surface area contributed by atoms with Gasteiger partial charge in [0.05, 0.1) is 39.0 Å². The molecule has 0 atom stereocenters. The highest BCUT2D eigenvalue weighted by atomic mass is 16.3. The molecular formula is C50H30N4O. The van der Waals surface area contributed by atoms with Gasteiger partial charge in [0.2, 0.25) is 0 Å². The van der Waals surface area contributed by atoms with Crippen LogP contribution in [0.2, 0.25) is 0 Å². The van der Waals surface area contributed by atoms with E-state index in [9.17, 15) is 0 Å². The average Bonchev–Trinajstić information content (AvgIpc) is 3.91. The zero-order chi connectivity index (χ0) is 36.0. The predicted octanol–water partition coefficient (Wildman–Crippen LogP) is 13.1. The van der Waals surface area contributed by atoms with Crippen molar-refractivity contribution in [1.82, 2.24) is 19.1 Å². The smallest absolute Gasteiger partial charge is 0.160 e. The molecule has 55 heavy (non-hydrogen) atoms. The normalized spacial score (nSPS) is 12.0. The van der Waals surface area contributed by atoms with Gasteiger partial charge >= 0.3 is 0 Å². The number of para-hydroxylation sites is 5. The quantitative estimate of drug-likeness (QED) is 0.183.